The number of likely N-dealkylation sites (tertiary alicyclic amines) is 1. The van der Waals surface area contributed by atoms with Crippen molar-refractivity contribution in [2.45, 2.75) is 39.7 Å². The first-order valence-electron chi connectivity index (χ1n) is 5.27. The molecule has 12 heavy (non-hydrogen) atoms. The fourth-order valence-corrected chi connectivity index (χ4v) is 2.23. The van der Waals surface area contributed by atoms with E-state index >= 15 is 0 Å². The van der Waals surface area contributed by atoms with Crippen molar-refractivity contribution in [2.75, 3.05) is 13.1 Å². The van der Waals surface area contributed by atoms with Crippen molar-refractivity contribution in [1.82, 2.24) is 4.90 Å². The van der Waals surface area contributed by atoms with E-state index in [0.717, 1.165) is 17.8 Å². The molecule has 1 aliphatic heterocycles. The van der Waals surface area contributed by atoms with Crippen molar-refractivity contribution in [3.05, 3.63) is 0 Å². The van der Waals surface area contributed by atoms with Crippen LogP contribution in [0.5, 0.6) is 0 Å². The first-order chi connectivity index (χ1) is 5.51. The molecule has 0 aromatic carbocycles. The molecule has 1 saturated heterocycles. The quantitative estimate of drug-likeness (QED) is 0.610. The van der Waals surface area contributed by atoms with Gasteiger partial charge in [0.2, 0.25) is 0 Å². The van der Waals surface area contributed by atoms with Crippen LogP contribution in [0, 0.1) is 17.8 Å². The van der Waals surface area contributed by atoms with Crippen LogP contribution in [-0.2, 0) is 0 Å². The number of hydrogen-bond acceptors (Lipinski definition) is 1. The normalized spacial score (nSPS) is 35.8. The minimum atomic E-state index is 0.424. The first kappa shape index (κ1) is 8.55. The Bertz CT molecular complexity index is 173. The molecular weight excluding hydrogens is 146 g/mol. The van der Waals surface area contributed by atoms with E-state index in [2.05, 4.69) is 32.6 Å². The summed E-state index contributed by atoms with van der Waals surface area (Å²) in [5.41, 5.74) is 0.424. The maximum atomic E-state index is 2.69. The highest BCUT2D eigenvalue weighted by molar-refractivity contribution is 5.01. The van der Waals surface area contributed by atoms with Crippen molar-refractivity contribution in [2.24, 2.45) is 17.8 Å². The van der Waals surface area contributed by atoms with Crippen molar-refractivity contribution in [3.8, 4) is 0 Å². The highest BCUT2D eigenvalue weighted by Gasteiger charge is 2.49. The monoisotopic (exact) mass is 167 g/mol. The molecular formula is C11H21N. The van der Waals surface area contributed by atoms with Gasteiger partial charge in [0.1, 0.15) is 0 Å². The molecule has 2 atom stereocenters. The summed E-state index contributed by atoms with van der Waals surface area (Å²) in [6.07, 6.45) is 1.52. The van der Waals surface area contributed by atoms with Gasteiger partial charge in [-0.25, -0.2) is 0 Å². The van der Waals surface area contributed by atoms with Gasteiger partial charge in [-0.05, 0) is 38.0 Å². The van der Waals surface area contributed by atoms with Crippen molar-refractivity contribution in [3.63, 3.8) is 0 Å². The van der Waals surface area contributed by atoms with E-state index in [-0.39, 0.29) is 0 Å². The molecule has 1 saturated carbocycles. The van der Waals surface area contributed by atoms with Crippen molar-refractivity contribution >= 4 is 0 Å². The summed E-state index contributed by atoms with van der Waals surface area (Å²) in [7, 11) is 0. The Morgan fingerprint density at radius 3 is 2.08 bits per heavy atom. The zero-order chi connectivity index (χ0) is 8.93. The van der Waals surface area contributed by atoms with Gasteiger partial charge in [-0.1, -0.05) is 13.8 Å². The van der Waals surface area contributed by atoms with Gasteiger partial charge in [0, 0.05) is 18.6 Å². The molecule has 0 amide bonds. The third-order valence-electron chi connectivity index (χ3n) is 4.21. The Hall–Kier alpha value is -0.0400. The lowest BCUT2D eigenvalue weighted by molar-refractivity contribution is 0.0906. The summed E-state index contributed by atoms with van der Waals surface area (Å²) in [6.45, 7) is 12.2. The van der Waals surface area contributed by atoms with Crippen LogP contribution < -0.4 is 0 Å². The third kappa shape index (κ3) is 1.19. The first-order valence-corrected chi connectivity index (χ1v) is 5.27. The summed E-state index contributed by atoms with van der Waals surface area (Å²) in [5, 5.41) is 0. The summed E-state index contributed by atoms with van der Waals surface area (Å²) in [5.74, 6) is 2.92. The topological polar surface area (TPSA) is 3.24 Å². The van der Waals surface area contributed by atoms with E-state index < -0.39 is 0 Å². The molecule has 1 heterocycles. The highest BCUT2D eigenvalue weighted by Crippen LogP contribution is 2.47. The zero-order valence-corrected chi connectivity index (χ0v) is 8.80. The number of nitrogens with zero attached hydrogens (tertiary/aromatic N) is 1. The number of piperidine rings is 1. The van der Waals surface area contributed by atoms with Crippen molar-refractivity contribution in [1.29, 1.82) is 0 Å². The van der Waals surface area contributed by atoms with Crippen molar-refractivity contribution < 1.29 is 0 Å². The molecule has 0 bridgehead atoms. The molecule has 2 rings (SSSR count). The Morgan fingerprint density at radius 1 is 1.17 bits per heavy atom. The Labute approximate surface area is 76.1 Å². The molecule has 2 unspecified atom stereocenters. The van der Waals surface area contributed by atoms with Crippen LogP contribution in [0.15, 0.2) is 0 Å². The average molecular weight is 167 g/mol. The summed E-state index contributed by atoms with van der Waals surface area (Å²) in [4.78, 5) is 2.69. The molecule has 70 valence electrons. The minimum Gasteiger partial charge on any atom is -0.297 e. The van der Waals surface area contributed by atoms with E-state index in [1.807, 2.05) is 0 Å². The molecule has 0 radical (unpaired) electrons. The van der Waals surface area contributed by atoms with E-state index in [1.165, 1.54) is 19.5 Å². The molecule has 0 N–H and O–H groups in total. The van der Waals surface area contributed by atoms with Gasteiger partial charge < -0.3 is 0 Å². The molecule has 1 aliphatic carbocycles. The van der Waals surface area contributed by atoms with Crippen LogP contribution >= 0.6 is 0 Å². The maximum absolute atomic E-state index is 2.69. The molecule has 2 aliphatic rings. The Kier molecular flexibility index (Phi) is 1.76. The van der Waals surface area contributed by atoms with Crippen LogP contribution in [0.3, 0.4) is 0 Å². The second-order valence-corrected chi connectivity index (χ2v) is 5.47. The van der Waals surface area contributed by atoms with Crippen LogP contribution in [-0.4, -0.2) is 23.5 Å². The molecule has 2 fully saturated rings. The third-order valence-corrected chi connectivity index (χ3v) is 4.21. The number of hydrogen-bond donors (Lipinski definition) is 0. The van der Waals surface area contributed by atoms with Gasteiger partial charge in [0.05, 0.1) is 0 Å². The maximum Gasteiger partial charge on any atom is 0.0176 e. The van der Waals surface area contributed by atoms with Gasteiger partial charge in [0.25, 0.3) is 0 Å². The molecule has 0 aromatic heterocycles. The second kappa shape index (κ2) is 2.47. The lowest BCUT2D eigenvalue weighted by Gasteiger charge is -2.40. The molecule has 0 aromatic rings. The Morgan fingerprint density at radius 2 is 1.67 bits per heavy atom. The smallest absolute Gasteiger partial charge is 0.0176 e. The fourth-order valence-electron chi connectivity index (χ4n) is 2.23. The minimum absolute atomic E-state index is 0.424. The van der Waals surface area contributed by atoms with E-state index in [0.29, 0.717) is 5.54 Å². The van der Waals surface area contributed by atoms with Gasteiger partial charge in [0.15, 0.2) is 0 Å². The fraction of sp³-hybridized carbons (Fsp3) is 1.00. The average Bonchev–Trinajstić information content (AvgIpc) is 2.58. The largest absolute Gasteiger partial charge is 0.297 e. The van der Waals surface area contributed by atoms with E-state index in [9.17, 15) is 0 Å². The Balaban J connectivity index is 1.99. The van der Waals surface area contributed by atoms with E-state index in [1.54, 1.807) is 0 Å². The van der Waals surface area contributed by atoms with Crippen LogP contribution in [0.2, 0.25) is 0 Å². The van der Waals surface area contributed by atoms with Gasteiger partial charge in [-0.15, -0.1) is 0 Å². The van der Waals surface area contributed by atoms with Gasteiger partial charge in [-0.3, -0.25) is 4.90 Å². The number of rotatable bonds is 2. The predicted octanol–water partition coefficient (Wildman–Crippen LogP) is 2.37. The molecule has 0 spiro atoms. The van der Waals surface area contributed by atoms with Crippen LogP contribution in [0.1, 0.15) is 34.1 Å². The molecule has 1 nitrogen and oxygen atoms in total. The van der Waals surface area contributed by atoms with Gasteiger partial charge in [-0.2, -0.15) is 0 Å². The zero-order valence-electron chi connectivity index (χ0n) is 8.80. The second-order valence-electron chi connectivity index (χ2n) is 5.47. The van der Waals surface area contributed by atoms with Gasteiger partial charge >= 0.3 is 0 Å². The summed E-state index contributed by atoms with van der Waals surface area (Å²) in [6, 6.07) is 0. The summed E-state index contributed by atoms with van der Waals surface area (Å²) < 4.78 is 0. The standard InChI is InChI=1S/C11H21N/c1-8(2)11(3,4)12-6-9-5-10(9)7-12/h8-10H,5-7H2,1-4H3. The lowest BCUT2D eigenvalue weighted by Crippen LogP contribution is -2.47. The summed E-state index contributed by atoms with van der Waals surface area (Å²) >= 11 is 0. The van der Waals surface area contributed by atoms with Crippen LogP contribution in [0.4, 0.5) is 0 Å². The predicted molar refractivity (Wildman–Crippen MR) is 52.1 cm³/mol. The van der Waals surface area contributed by atoms with Crippen LogP contribution in [0.25, 0.3) is 0 Å². The lowest BCUT2D eigenvalue weighted by atomic mass is 9.89. The van der Waals surface area contributed by atoms with E-state index in [4.69, 9.17) is 0 Å². The SMILES string of the molecule is CC(C)C(C)(C)N1CC2CC2C1. The highest BCUT2D eigenvalue weighted by atomic mass is 15.2. The number of fused-ring (bicyclic) bond motifs is 1. The molecule has 1 heteroatoms.